The Morgan fingerprint density at radius 3 is 1.47 bits per heavy atom. The number of hydrogen-bond acceptors (Lipinski definition) is 7. The van der Waals surface area contributed by atoms with Crippen molar-refractivity contribution in [2.45, 2.75) is 174 Å². The Labute approximate surface area is 363 Å². The van der Waals surface area contributed by atoms with Gasteiger partial charge in [-0.3, -0.25) is 9.36 Å². The molecule has 0 amide bonds. The molecule has 2 atom stereocenters. The van der Waals surface area contributed by atoms with E-state index < -0.39 is 13.9 Å². The molecule has 9 heteroatoms. The molecule has 0 aliphatic rings. The highest BCUT2D eigenvalue weighted by Crippen LogP contribution is 2.38. The number of unbranched alkanes of at least 4 members (excludes halogenated alkanes) is 14. The Morgan fingerprint density at radius 1 is 0.542 bits per heavy atom. The van der Waals surface area contributed by atoms with E-state index in [1.807, 2.05) is 21.1 Å². The Kier molecular flexibility index (Phi) is 40.7. The lowest BCUT2D eigenvalue weighted by Crippen LogP contribution is -2.37. The molecule has 0 saturated heterocycles. The number of ether oxygens (including phenoxy) is 2. The number of carbonyl (C=O) groups excluding carboxylic acids is 1. The van der Waals surface area contributed by atoms with E-state index in [1.54, 1.807) is 0 Å². The molecule has 0 N–H and O–H groups in total. The monoisotopic (exact) mass is 846 g/mol. The fraction of sp³-hybridized carbons (Fsp3) is 0.700. The van der Waals surface area contributed by atoms with Gasteiger partial charge in [0.25, 0.3) is 7.82 Å². The van der Waals surface area contributed by atoms with Gasteiger partial charge in [0, 0.05) is 13.0 Å². The third kappa shape index (κ3) is 46.6. The van der Waals surface area contributed by atoms with Crippen LogP contribution in [-0.2, 0) is 27.9 Å². The second-order valence-corrected chi connectivity index (χ2v) is 17.8. The van der Waals surface area contributed by atoms with E-state index in [2.05, 4.69) is 98.9 Å². The van der Waals surface area contributed by atoms with Crippen molar-refractivity contribution in [2.24, 2.45) is 0 Å². The zero-order valence-corrected chi connectivity index (χ0v) is 39.3. The van der Waals surface area contributed by atoms with E-state index in [9.17, 15) is 14.3 Å². The van der Waals surface area contributed by atoms with E-state index in [-0.39, 0.29) is 32.2 Å². The van der Waals surface area contributed by atoms with Gasteiger partial charge in [-0.1, -0.05) is 157 Å². The van der Waals surface area contributed by atoms with Gasteiger partial charge in [0.15, 0.2) is 0 Å². The molecule has 340 valence electrons. The van der Waals surface area contributed by atoms with E-state index >= 15 is 0 Å². The highest BCUT2D eigenvalue weighted by atomic mass is 31.2. The van der Waals surface area contributed by atoms with Crippen molar-refractivity contribution in [3.05, 3.63) is 85.1 Å². The number of phosphoric ester groups is 1. The lowest BCUT2D eigenvalue weighted by atomic mass is 10.1. The molecule has 0 saturated carbocycles. The number of phosphoric acid groups is 1. The quantitative estimate of drug-likeness (QED) is 0.0199. The third-order valence-electron chi connectivity index (χ3n) is 9.43. The molecule has 59 heavy (non-hydrogen) atoms. The average Bonchev–Trinajstić information content (AvgIpc) is 3.19. The molecule has 0 spiro atoms. The maximum atomic E-state index is 12.7. The maximum absolute atomic E-state index is 12.7. The molecule has 0 aliphatic carbocycles. The Morgan fingerprint density at radius 2 is 0.983 bits per heavy atom. The predicted molar refractivity (Wildman–Crippen MR) is 249 cm³/mol. The first-order chi connectivity index (χ1) is 28.6. The molecule has 0 bridgehead atoms. The van der Waals surface area contributed by atoms with Crippen molar-refractivity contribution in [1.82, 2.24) is 0 Å². The normalized spacial score (nSPS) is 14.5. The van der Waals surface area contributed by atoms with Gasteiger partial charge in [-0.15, -0.1) is 0 Å². The summed E-state index contributed by atoms with van der Waals surface area (Å²) in [6, 6.07) is 0. The van der Waals surface area contributed by atoms with Crippen LogP contribution in [0.4, 0.5) is 0 Å². The molecule has 0 radical (unpaired) electrons. The van der Waals surface area contributed by atoms with Crippen LogP contribution >= 0.6 is 7.82 Å². The van der Waals surface area contributed by atoms with Gasteiger partial charge in [0.2, 0.25) is 0 Å². The van der Waals surface area contributed by atoms with Gasteiger partial charge in [-0.2, -0.15) is 0 Å². The third-order valence-corrected chi connectivity index (χ3v) is 10.4. The predicted octanol–water partition coefficient (Wildman–Crippen LogP) is 13.4. The minimum absolute atomic E-state index is 0.0153. The van der Waals surface area contributed by atoms with Gasteiger partial charge in [-0.05, 0) is 89.9 Å². The first-order valence-electron chi connectivity index (χ1n) is 23.3. The van der Waals surface area contributed by atoms with Gasteiger partial charge in [0.05, 0.1) is 34.4 Å². The number of rotatable bonds is 42. The second-order valence-electron chi connectivity index (χ2n) is 16.4. The first-order valence-corrected chi connectivity index (χ1v) is 24.8. The minimum Gasteiger partial charge on any atom is -0.756 e. The smallest absolute Gasteiger partial charge is 0.306 e. The Hall–Kier alpha value is -2.32. The topological polar surface area (TPSA) is 94.1 Å². The number of carbonyl (C=O) groups is 1. The summed E-state index contributed by atoms with van der Waals surface area (Å²) in [6.45, 7) is 5.19. The van der Waals surface area contributed by atoms with Crippen LogP contribution in [-0.4, -0.2) is 70.7 Å². The summed E-state index contributed by atoms with van der Waals surface area (Å²) in [5.74, 6) is -0.357. The highest BCUT2D eigenvalue weighted by Gasteiger charge is 2.20. The number of likely N-dealkylation sites (N-methyl/N-ethyl adjacent to an activating group) is 1. The van der Waals surface area contributed by atoms with Crippen LogP contribution in [0.1, 0.15) is 168 Å². The summed E-state index contributed by atoms with van der Waals surface area (Å²) in [7, 11) is 1.32. The van der Waals surface area contributed by atoms with Crippen LogP contribution in [0, 0.1) is 0 Å². The highest BCUT2D eigenvalue weighted by molar-refractivity contribution is 7.45. The number of nitrogens with zero attached hydrogens (tertiary/aromatic N) is 1. The lowest BCUT2D eigenvalue weighted by molar-refractivity contribution is -0.870. The van der Waals surface area contributed by atoms with E-state index in [0.717, 1.165) is 103 Å². The molecule has 0 aromatic carbocycles. The van der Waals surface area contributed by atoms with Crippen LogP contribution in [0.2, 0.25) is 0 Å². The van der Waals surface area contributed by atoms with E-state index in [1.165, 1.54) is 44.9 Å². The van der Waals surface area contributed by atoms with E-state index in [0.29, 0.717) is 17.6 Å². The molecule has 0 aromatic heterocycles. The summed E-state index contributed by atoms with van der Waals surface area (Å²) >= 11 is 0. The standard InChI is InChI=1S/C50H88NO7P/c1-6-8-10-12-14-16-18-20-22-23-24-25-26-27-28-30-32-34-36-38-40-42-45-55-47-49(48-57-59(53,54)56-46-44-51(3,4)5)58-50(52)43-41-39-37-35-33-31-29-21-19-17-15-13-11-9-7-2/h8,10,14-17,20-22,24-25,27-29,49H,6-7,9,11-13,18-19,23,26,30-48H2,1-5H3/b10-8-,16-14-,17-15-,22-20-,25-24-,28-27-,29-21-. The molecule has 0 aromatic rings. The summed E-state index contributed by atoms with van der Waals surface area (Å²) in [5, 5.41) is 0. The van der Waals surface area contributed by atoms with Crippen LogP contribution in [0.5, 0.6) is 0 Å². The first kappa shape index (κ1) is 56.7. The van der Waals surface area contributed by atoms with Gasteiger partial charge in [0.1, 0.15) is 19.3 Å². The van der Waals surface area contributed by atoms with Crippen LogP contribution in [0.25, 0.3) is 0 Å². The van der Waals surface area contributed by atoms with Crippen molar-refractivity contribution in [1.29, 1.82) is 0 Å². The van der Waals surface area contributed by atoms with Gasteiger partial charge in [-0.25, -0.2) is 0 Å². The second kappa shape index (κ2) is 42.4. The summed E-state index contributed by atoms with van der Waals surface area (Å²) in [5.41, 5.74) is 0. The van der Waals surface area contributed by atoms with Crippen molar-refractivity contribution in [3.8, 4) is 0 Å². The number of hydrogen-bond donors (Lipinski definition) is 0. The zero-order valence-electron chi connectivity index (χ0n) is 38.4. The van der Waals surface area contributed by atoms with Gasteiger partial charge >= 0.3 is 5.97 Å². The molecule has 0 fully saturated rings. The average molecular weight is 846 g/mol. The Balaban J connectivity index is 4.26. The van der Waals surface area contributed by atoms with Crippen molar-refractivity contribution in [3.63, 3.8) is 0 Å². The Bertz CT molecular complexity index is 1210. The number of esters is 1. The molecule has 0 heterocycles. The molecular weight excluding hydrogens is 758 g/mol. The van der Waals surface area contributed by atoms with Crippen LogP contribution in [0.15, 0.2) is 85.1 Å². The number of quaternary nitrogens is 1. The lowest BCUT2D eigenvalue weighted by Gasteiger charge is -2.28. The molecule has 0 aliphatic heterocycles. The molecule has 0 rings (SSSR count). The van der Waals surface area contributed by atoms with Crippen LogP contribution < -0.4 is 4.89 Å². The summed E-state index contributed by atoms with van der Waals surface area (Å²) in [4.78, 5) is 25.1. The van der Waals surface area contributed by atoms with Crippen molar-refractivity contribution < 1.29 is 37.3 Å². The molecule has 2 unspecified atom stereocenters. The largest absolute Gasteiger partial charge is 0.756 e. The van der Waals surface area contributed by atoms with Crippen molar-refractivity contribution >= 4 is 13.8 Å². The summed E-state index contributed by atoms with van der Waals surface area (Å²) in [6.07, 6.45) is 56.0. The van der Waals surface area contributed by atoms with Crippen molar-refractivity contribution in [2.75, 3.05) is 54.1 Å². The van der Waals surface area contributed by atoms with E-state index in [4.69, 9.17) is 18.5 Å². The molecular formula is C50H88NO7P. The summed E-state index contributed by atoms with van der Waals surface area (Å²) < 4.78 is 34.6. The minimum atomic E-state index is -4.54. The fourth-order valence-electron chi connectivity index (χ4n) is 5.84. The van der Waals surface area contributed by atoms with Gasteiger partial charge < -0.3 is 27.9 Å². The fourth-order valence-corrected chi connectivity index (χ4v) is 6.57. The maximum Gasteiger partial charge on any atom is 0.306 e. The SMILES string of the molecule is CC/C=C\C/C=C\C/C=C\C/C=C\C/C=C\CCCCCCCCOCC(COP(=O)([O-])OCC[N+](C)(C)C)OC(=O)CCCCCCC/C=C\C/C=C\CCCCC. The number of allylic oxidation sites excluding steroid dienone is 14. The van der Waals surface area contributed by atoms with Crippen LogP contribution in [0.3, 0.4) is 0 Å². The molecule has 8 nitrogen and oxygen atoms in total. The zero-order chi connectivity index (χ0) is 43.4.